The lowest BCUT2D eigenvalue weighted by Crippen LogP contribution is -2.21. The van der Waals surface area contributed by atoms with Crippen LogP contribution in [0.1, 0.15) is 22.9 Å². The Labute approximate surface area is 267 Å². The number of anilines is 1. The SMILES string of the molecule is c1ccc(C2=NC(c3cc(-c4ccccn4)cc(-c4cc5ccccc5c5ccccc45)c3)Nc3ccc4ccccc4c32)cc1. The largest absolute Gasteiger partial charge is 0.359 e. The highest BCUT2D eigenvalue weighted by Crippen LogP contribution is 2.41. The number of nitrogens with zero attached hydrogens (tertiary/aromatic N) is 2. The molecule has 46 heavy (non-hydrogen) atoms. The van der Waals surface area contributed by atoms with Crippen LogP contribution in [0.15, 0.2) is 169 Å². The van der Waals surface area contributed by atoms with E-state index in [9.17, 15) is 0 Å². The summed E-state index contributed by atoms with van der Waals surface area (Å²) in [6.45, 7) is 0. The van der Waals surface area contributed by atoms with Crippen molar-refractivity contribution >= 4 is 43.7 Å². The van der Waals surface area contributed by atoms with Crippen molar-refractivity contribution in [3.63, 3.8) is 0 Å². The van der Waals surface area contributed by atoms with E-state index in [0.717, 1.165) is 44.9 Å². The number of rotatable bonds is 4. The van der Waals surface area contributed by atoms with E-state index < -0.39 is 0 Å². The van der Waals surface area contributed by atoms with Crippen molar-refractivity contribution in [2.45, 2.75) is 6.17 Å². The van der Waals surface area contributed by atoms with Crippen LogP contribution in [0.25, 0.3) is 54.7 Å². The summed E-state index contributed by atoms with van der Waals surface area (Å²) in [4.78, 5) is 10.2. The van der Waals surface area contributed by atoms with Gasteiger partial charge in [0.15, 0.2) is 0 Å². The standard InChI is InChI=1S/C43H29N3/c1-2-13-29(14-3-1)42-41-35-17-7-4-12-28(35)21-22-40(41)45-43(46-42)33-25-31(24-32(26-33)39-20-10-11-23-44-39)38-27-30-15-5-6-16-34(30)36-18-8-9-19-37(36)38/h1-27,43,45H. The third-order valence-electron chi connectivity index (χ3n) is 9.07. The molecule has 0 radical (unpaired) electrons. The Kier molecular flexibility index (Phi) is 6.20. The number of pyridine rings is 1. The van der Waals surface area contributed by atoms with Crippen LogP contribution in [-0.4, -0.2) is 10.7 Å². The molecule has 0 fully saturated rings. The number of nitrogens with one attached hydrogen (secondary N) is 1. The summed E-state index contributed by atoms with van der Waals surface area (Å²) in [5.74, 6) is 0. The van der Waals surface area contributed by atoms with Crippen molar-refractivity contribution in [3.8, 4) is 22.4 Å². The quantitative estimate of drug-likeness (QED) is 0.208. The number of hydrogen-bond acceptors (Lipinski definition) is 3. The van der Waals surface area contributed by atoms with Crippen LogP contribution in [0.2, 0.25) is 0 Å². The van der Waals surface area contributed by atoms with Gasteiger partial charge in [0, 0.05) is 28.6 Å². The highest BCUT2D eigenvalue weighted by Gasteiger charge is 2.25. The van der Waals surface area contributed by atoms with Gasteiger partial charge in [-0.1, -0.05) is 115 Å². The summed E-state index contributed by atoms with van der Waals surface area (Å²) in [5, 5.41) is 11.2. The van der Waals surface area contributed by atoms with Crippen LogP contribution in [0.4, 0.5) is 5.69 Å². The van der Waals surface area contributed by atoms with E-state index in [0.29, 0.717) is 0 Å². The number of hydrogen-bond donors (Lipinski definition) is 1. The van der Waals surface area contributed by atoms with Crippen molar-refractivity contribution in [3.05, 3.63) is 181 Å². The second-order valence-corrected chi connectivity index (χ2v) is 11.8. The summed E-state index contributed by atoms with van der Waals surface area (Å²) in [6.07, 6.45) is 1.57. The van der Waals surface area contributed by atoms with Gasteiger partial charge >= 0.3 is 0 Å². The zero-order valence-corrected chi connectivity index (χ0v) is 25.1. The molecule has 7 aromatic carbocycles. The Morgan fingerprint density at radius 1 is 0.478 bits per heavy atom. The van der Waals surface area contributed by atoms with E-state index in [1.54, 1.807) is 0 Å². The molecule has 0 aliphatic carbocycles. The Balaban J connectivity index is 1.29. The number of benzene rings is 7. The van der Waals surface area contributed by atoms with Crippen LogP contribution in [0.5, 0.6) is 0 Å². The first-order valence-corrected chi connectivity index (χ1v) is 15.7. The fourth-order valence-corrected chi connectivity index (χ4v) is 6.93. The molecule has 3 heteroatoms. The third kappa shape index (κ3) is 4.44. The molecule has 216 valence electrons. The molecule has 0 saturated carbocycles. The first-order chi connectivity index (χ1) is 22.8. The zero-order valence-electron chi connectivity index (χ0n) is 25.1. The average molecular weight is 588 g/mol. The molecule has 1 N–H and O–H groups in total. The molecule has 8 aromatic rings. The van der Waals surface area contributed by atoms with Gasteiger partial charge in [-0.15, -0.1) is 0 Å². The Bertz CT molecular complexity index is 2450. The van der Waals surface area contributed by atoms with Gasteiger partial charge in [0.2, 0.25) is 0 Å². The van der Waals surface area contributed by atoms with Crippen LogP contribution < -0.4 is 5.32 Å². The number of aromatic nitrogens is 1. The molecule has 1 aromatic heterocycles. The lowest BCUT2D eigenvalue weighted by atomic mass is 9.89. The van der Waals surface area contributed by atoms with Gasteiger partial charge in [-0.25, -0.2) is 0 Å². The van der Waals surface area contributed by atoms with Crippen molar-refractivity contribution in [1.29, 1.82) is 0 Å². The minimum atomic E-state index is -0.294. The van der Waals surface area contributed by atoms with Gasteiger partial charge in [0.25, 0.3) is 0 Å². The van der Waals surface area contributed by atoms with E-state index in [1.807, 2.05) is 18.3 Å². The second-order valence-electron chi connectivity index (χ2n) is 11.8. The van der Waals surface area contributed by atoms with Crippen molar-refractivity contribution in [2.24, 2.45) is 4.99 Å². The summed E-state index contributed by atoms with van der Waals surface area (Å²) in [7, 11) is 0. The predicted molar refractivity (Wildman–Crippen MR) is 193 cm³/mol. The van der Waals surface area contributed by atoms with Gasteiger partial charge < -0.3 is 5.32 Å². The van der Waals surface area contributed by atoms with Crippen LogP contribution in [0.3, 0.4) is 0 Å². The molecular formula is C43H29N3. The monoisotopic (exact) mass is 587 g/mol. The maximum atomic E-state index is 5.48. The zero-order chi connectivity index (χ0) is 30.5. The van der Waals surface area contributed by atoms with E-state index in [2.05, 4.69) is 151 Å². The molecule has 1 atom stereocenters. The fourth-order valence-electron chi connectivity index (χ4n) is 6.93. The van der Waals surface area contributed by atoms with E-state index in [4.69, 9.17) is 9.98 Å². The molecule has 2 heterocycles. The molecule has 1 aliphatic rings. The van der Waals surface area contributed by atoms with Crippen molar-refractivity contribution in [2.75, 3.05) is 5.32 Å². The number of aliphatic imine (C=N–C) groups is 1. The highest BCUT2D eigenvalue weighted by atomic mass is 15.1. The Morgan fingerprint density at radius 2 is 1.17 bits per heavy atom. The van der Waals surface area contributed by atoms with E-state index in [-0.39, 0.29) is 6.17 Å². The second kappa shape index (κ2) is 10.8. The van der Waals surface area contributed by atoms with Crippen LogP contribution in [-0.2, 0) is 0 Å². The van der Waals surface area contributed by atoms with Gasteiger partial charge in [0.05, 0.1) is 11.4 Å². The Hall–Kier alpha value is -6.06. The Morgan fingerprint density at radius 3 is 2.00 bits per heavy atom. The molecule has 0 saturated heterocycles. The number of fused-ring (bicyclic) bond motifs is 6. The van der Waals surface area contributed by atoms with Gasteiger partial charge in [-0.2, -0.15) is 0 Å². The summed E-state index contributed by atoms with van der Waals surface area (Å²) in [5.41, 5.74) is 9.75. The average Bonchev–Trinajstić information content (AvgIpc) is 3.14. The molecule has 0 bridgehead atoms. The lowest BCUT2D eigenvalue weighted by Gasteiger charge is -2.28. The minimum absolute atomic E-state index is 0.294. The smallest absolute Gasteiger partial charge is 0.145 e. The van der Waals surface area contributed by atoms with Gasteiger partial charge in [-0.3, -0.25) is 9.98 Å². The van der Waals surface area contributed by atoms with E-state index in [1.165, 1.54) is 37.9 Å². The molecule has 0 spiro atoms. The van der Waals surface area contributed by atoms with Crippen LogP contribution in [0, 0.1) is 0 Å². The lowest BCUT2D eigenvalue weighted by molar-refractivity contribution is 0.830. The molecule has 1 unspecified atom stereocenters. The molecule has 9 rings (SSSR count). The molecule has 0 amide bonds. The third-order valence-corrected chi connectivity index (χ3v) is 9.07. The topological polar surface area (TPSA) is 37.3 Å². The maximum Gasteiger partial charge on any atom is 0.145 e. The first kappa shape index (κ1) is 26.4. The van der Waals surface area contributed by atoms with Gasteiger partial charge in [-0.05, 0) is 91.5 Å². The molecule has 3 nitrogen and oxygen atoms in total. The summed E-state index contributed by atoms with van der Waals surface area (Å²) < 4.78 is 0. The summed E-state index contributed by atoms with van der Waals surface area (Å²) in [6, 6.07) is 56.1. The predicted octanol–water partition coefficient (Wildman–Crippen LogP) is 10.8. The normalized spacial score (nSPS) is 14.2. The van der Waals surface area contributed by atoms with Gasteiger partial charge in [0.1, 0.15) is 6.17 Å². The van der Waals surface area contributed by atoms with Crippen LogP contribution >= 0.6 is 0 Å². The molecular weight excluding hydrogens is 558 g/mol. The van der Waals surface area contributed by atoms with E-state index >= 15 is 0 Å². The highest BCUT2D eigenvalue weighted by molar-refractivity contribution is 6.23. The summed E-state index contributed by atoms with van der Waals surface area (Å²) >= 11 is 0. The van der Waals surface area contributed by atoms with Crippen molar-refractivity contribution in [1.82, 2.24) is 4.98 Å². The molecule has 1 aliphatic heterocycles. The minimum Gasteiger partial charge on any atom is -0.359 e. The van der Waals surface area contributed by atoms with Crippen molar-refractivity contribution < 1.29 is 0 Å². The fraction of sp³-hybridized carbons (Fsp3) is 0.0233. The first-order valence-electron chi connectivity index (χ1n) is 15.7. The maximum absolute atomic E-state index is 5.48.